The predicted octanol–water partition coefficient (Wildman–Crippen LogP) is 1.23. The van der Waals surface area contributed by atoms with Gasteiger partial charge < -0.3 is 15.6 Å². The average Bonchev–Trinajstić information content (AvgIpc) is 2.42. The number of H-pyrrole nitrogens is 2. The lowest BCUT2D eigenvalue weighted by atomic mass is 10.1. The Bertz CT molecular complexity index is 877. The molecule has 2 aromatic rings. The van der Waals surface area contributed by atoms with Gasteiger partial charge in [-0.3, -0.25) is 19.4 Å². The van der Waals surface area contributed by atoms with Crippen LogP contribution in [0.3, 0.4) is 0 Å². The normalized spacial score (nSPS) is 11.3. The van der Waals surface area contributed by atoms with Crippen molar-refractivity contribution < 1.29 is 9.59 Å². The summed E-state index contributed by atoms with van der Waals surface area (Å²) in [5.74, 6) is -0.682. The summed E-state index contributed by atoms with van der Waals surface area (Å²) in [6.07, 6.45) is 0. The number of amides is 2. The molecule has 1 aromatic heterocycles. The minimum absolute atomic E-state index is 0.125. The van der Waals surface area contributed by atoms with E-state index in [1.807, 2.05) is 20.8 Å². The Morgan fingerprint density at radius 1 is 1.22 bits per heavy atom. The number of rotatable bonds is 3. The fraction of sp³-hybridized carbons (Fsp3) is 0.333. The van der Waals surface area contributed by atoms with Crippen LogP contribution in [0.25, 0.3) is 10.9 Å². The van der Waals surface area contributed by atoms with Crippen molar-refractivity contribution in [3.63, 3.8) is 0 Å². The van der Waals surface area contributed by atoms with Crippen LogP contribution in [0.1, 0.15) is 31.1 Å². The molecular formula is C15H18N4O3S. The molecule has 0 unspecified atom stereocenters. The molecule has 0 aliphatic rings. The summed E-state index contributed by atoms with van der Waals surface area (Å²) in [4.78, 5) is 40.8. The molecule has 4 N–H and O–H groups in total. The van der Waals surface area contributed by atoms with Gasteiger partial charge in [0.2, 0.25) is 5.91 Å². The average molecular weight is 334 g/mol. The number of benzene rings is 1. The summed E-state index contributed by atoms with van der Waals surface area (Å²) < 4.78 is 0.185. The molecule has 0 fully saturated rings. The highest BCUT2D eigenvalue weighted by molar-refractivity contribution is 7.71. The number of nitrogens with one attached hydrogen (secondary N) is 4. The minimum atomic E-state index is -0.407. The Balaban J connectivity index is 2.14. The first-order valence-corrected chi connectivity index (χ1v) is 7.42. The van der Waals surface area contributed by atoms with Crippen LogP contribution in [-0.4, -0.2) is 33.9 Å². The molecule has 1 aromatic carbocycles. The van der Waals surface area contributed by atoms with Crippen LogP contribution >= 0.6 is 12.2 Å². The second kappa shape index (κ2) is 6.33. The molecule has 0 saturated heterocycles. The molecule has 7 nitrogen and oxygen atoms in total. The van der Waals surface area contributed by atoms with E-state index < -0.39 is 5.91 Å². The highest BCUT2D eigenvalue weighted by Crippen LogP contribution is 2.09. The Kier molecular flexibility index (Phi) is 4.65. The molecule has 1 heterocycles. The second-order valence-electron chi connectivity index (χ2n) is 6.15. The third-order valence-corrected chi connectivity index (χ3v) is 3.13. The van der Waals surface area contributed by atoms with Gasteiger partial charge in [-0.25, -0.2) is 0 Å². The molecule has 2 amide bonds. The quantitative estimate of drug-likeness (QED) is 0.633. The number of hydrogen-bond acceptors (Lipinski definition) is 4. The predicted molar refractivity (Wildman–Crippen MR) is 90.0 cm³/mol. The zero-order chi connectivity index (χ0) is 17.2. The van der Waals surface area contributed by atoms with E-state index in [0.717, 1.165) is 0 Å². The van der Waals surface area contributed by atoms with Gasteiger partial charge in [0.15, 0.2) is 4.77 Å². The Morgan fingerprint density at radius 2 is 1.91 bits per heavy atom. The molecule has 0 aliphatic heterocycles. The van der Waals surface area contributed by atoms with Crippen LogP contribution in [0.5, 0.6) is 0 Å². The van der Waals surface area contributed by atoms with E-state index in [1.165, 1.54) is 18.2 Å². The highest BCUT2D eigenvalue weighted by Gasteiger charge is 2.15. The third-order valence-electron chi connectivity index (χ3n) is 2.93. The smallest absolute Gasteiger partial charge is 0.259 e. The maximum absolute atomic E-state index is 12.1. The lowest BCUT2D eigenvalue weighted by Gasteiger charge is -2.20. The maximum Gasteiger partial charge on any atom is 0.259 e. The number of fused-ring (bicyclic) bond motifs is 1. The minimum Gasteiger partial charge on any atom is -0.350 e. The van der Waals surface area contributed by atoms with Crippen LogP contribution in [0.15, 0.2) is 23.0 Å². The lowest BCUT2D eigenvalue weighted by molar-refractivity contribution is -0.121. The number of carbonyl (C=O) groups excluding carboxylic acids is 2. The third kappa shape index (κ3) is 4.49. The molecule has 0 saturated carbocycles. The van der Waals surface area contributed by atoms with Crippen molar-refractivity contribution in [2.75, 3.05) is 6.54 Å². The summed E-state index contributed by atoms with van der Waals surface area (Å²) in [6, 6.07) is 4.58. The van der Waals surface area contributed by atoms with Crippen molar-refractivity contribution >= 4 is 34.9 Å². The topological polar surface area (TPSA) is 107 Å². The molecule has 122 valence electrons. The lowest BCUT2D eigenvalue weighted by Crippen LogP contribution is -2.45. The first kappa shape index (κ1) is 16.9. The molecular weight excluding hydrogens is 316 g/mol. The number of carbonyl (C=O) groups is 2. The molecule has 0 atom stereocenters. The molecule has 2 rings (SSSR count). The van der Waals surface area contributed by atoms with Crippen LogP contribution in [0.4, 0.5) is 0 Å². The zero-order valence-corrected chi connectivity index (χ0v) is 13.9. The van der Waals surface area contributed by atoms with Gasteiger partial charge in [-0.15, -0.1) is 0 Å². The number of hydrogen-bond donors (Lipinski definition) is 4. The van der Waals surface area contributed by atoms with Crippen molar-refractivity contribution in [2.24, 2.45) is 0 Å². The van der Waals surface area contributed by atoms with Crippen molar-refractivity contribution in [3.8, 4) is 0 Å². The first-order chi connectivity index (χ1) is 10.7. The summed E-state index contributed by atoms with van der Waals surface area (Å²) in [6.45, 7) is 5.45. The number of aromatic amines is 2. The van der Waals surface area contributed by atoms with Crippen molar-refractivity contribution in [2.45, 2.75) is 26.3 Å². The van der Waals surface area contributed by atoms with Gasteiger partial charge in [0.05, 0.1) is 17.4 Å². The number of aromatic nitrogens is 2. The molecule has 0 aliphatic carbocycles. The van der Waals surface area contributed by atoms with Crippen LogP contribution in [0, 0.1) is 4.77 Å². The molecule has 23 heavy (non-hydrogen) atoms. The van der Waals surface area contributed by atoms with Gasteiger partial charge in [-0.05, 0) is 51.2 Å². The van der Waals surface area contributed by atoms with E-state index >= 15 is 0 Å². The first-order valence-electron chi connectivity index (χ1n) is 7.01. The summed E-state index contributed by atoms with van der Waals surface area (Å²) in [5.41, 5.74) is 0.115. The second-order valence-corrected chi connectivity index (χ2v) is 6.56. The van der Waals surface area contributed by atoms with E-state index in [-0.39, 0.29) is 28.3 Å². The van der Waals surface area contributed by atoms with E-state index in [4.69, 9.17) is 12.2 Å². The van der Waals surface area contributed by atoms with Gasteiger partial charge in [0.25, 0.3) is 11.5 Å². The molecule has 8 heteroatoms. The van der Waals surface area contributed by atoms with Crippen LogP contribution in [-0.2, 0) is 4.79 Å². The van der Waals surface area contributed by atoms with Gasteiger partial charge in [-0.2, -0.15) is 0 Å². The SMILES string of the molecule is CC(C)(C)NC(=O)CNC(=O)c1ccc2c(=O)[nH]c(=S)[nH]c2c1. The summed E-state index contributed by atoms with van der Waals surface area (Å²) in [5, 5.41) is 5.69. The molecule has 0 spiro atoms. The van der Waals surface area contributed by atoms with E-state index in [0.29, 0.717) is 16.5 Å². The summed E-state index contributed by atoms with van der Waals surface area (Å²) >= 11 is 4.91. The maximum atomic E-state index is 12.1. The fourth-order valence-electron chi connectivity index (χ4n) is 2.04. The van der Waals surface area contributed by atoms with Crippen molar-refractivity contribution in [3.05, 3.63) is 38.9 Å². The van der Waals surface area contributed by atoms with Crippen molar-refractivity contribution in [1.29, 1.82) is 0 Å². The fourth-order valence-corrected chi connectivity index (χ4v) is 2.24. The van der Waals surface area contributed by atoms with Crippen LogP contribution < -0.4 is 16.2 Å². The van der Waals surface area contributed by atoms with Crippen molar-refractivity contribution in [1.82, 2.24) is 20.6 Å². The summed E-state index contributed by atoms with van der Waals surface area (Å²) in [7, 11) is 0. The van der Waals surface area contributed by atoms with Gasteiger partial charge in [-0.1, -0.05) is 0 Å². The molecule has 0 radical (unpaired) electrons. The molecule has 0 bridgehead atoms. The largest absolute Gasteiger partial charge is 0.350 e. The van der Waals surface area contributed by atoms with E-state index in [2.05, 4.69) is 20.6 Å². The van der Waals surface area contributed by atoms with Gasteiger partial charge in [0.1, 0.15) is 0 Å². The van der Waals surface area contributed by atoms with Crippen LogP contribution in [0.2, 0.25) is 0 Å². The Hall–Kier alpha value is -2.48. The standard InChI is InChI=1S/C15H18N4O3S/c1-15(2,3)19-11(20)7-16-12(21)8-4-5-9-10(6-8)17-14(23)18-13(9)22/h4-6H,7H2,1-3H3,(H,16,21)(H,19,20)(H2,17,18,22,23). The van der Waals surface area contributed by atoms with E-state index in [9.17, 15) is 14.4 Å². The Morgan fingerprint density at radius 3 is 2.57 bits per heavy atom. The van der Waals surface area contributed by atoms with Gasteiger partial charge >= 0.3 is 0 Å². The Labute approximate surface area is 137 Å². The zero-order valence-electron chi connectivity index (χ0n) is 13.1. The monoisotopic (exact) mass is 334 g/mol. The highest BCUT2D eigenvalue weighted by atomic mass is 32.1. The van der Waals surface area contributed by atoms with E-state index in [1.54, 1.807) is 0 Å². The van der Waals surface area contributed by atoms with Gasteiger partial charge in [0, 0.05) is 11.1 Å².